The molecule has 1 aliphatic carbocycles. The van der Waals surface area contributed by atoms with Gasteiger partial charge in [-0.05, 0) is 55.9 Å². The van der Waals surface area contributed by atoms with E-state index >= 15 is 0 Å². The van der Waals surface area contributed by atoms with Crippen LogP contribution in [-0.2, 0) is 0 Å². The van der Waals surface area contributed by atoms with Crippen molar-refractivity contribution in [3.63, 3.8) is 0 Å². The lowest BCUT2D eigenvalue weighted by Crippen LogP contribution is -2.30. The molecule has 2 nitrogen and oxygen atoms in total. The molecule has 0 saturated heterocycles. The Hall–Kier alpha value is -0.0800. The lowest BCUT2D eigenvalue weighted by molar-refractivity contribution is 0.125. The van der Waals surface area contributed by atoms with Crippen molar-refractivity contribution in [2.75, 3.05) is 13.2 Å². The number of aliphatic hydroxyl groups is 1. The lowest BCUT2D eigenvalue weighted by Gasteiger charge is -2.34. The monoisotopic (exact) mass is 199 g/mol. The maximum atomic E-state index is 9.17. The van der Waals surface area contributed by atoms with E-state index in [-0.39, 0.29) is 6.61 Å². The normalized spacial score (nSPS) is 30.6. The van der Waals surface area contributed by atoms with E-state index in [0.717, 1.165) is 11.8 Å². The van der Waals surface area contributed by atoms with E-state index < -0.39 is 0 Å². The SMILES string of the molecule is CC(C)C1CCC(C(CN)CO)CC1. The highest BCUT2D eigenvalue weighted by Crippen LogP contribution is 2.36. The maximum absolute atomic E-state index is 9.17. The highest BCUT2D eigenvalue weighted by molar-refractivity contribution is 4.79. The Bertz CT molecular complexity index is 146. The van der Waals surface area contributed by atoms with Crippen LogP contribution in [0.2, 0.25) is 0 Å². The molecule has 0 heterocycles. The van der Waals surface area contributed by atoms with Crippen molar-refractivity contribution >= 4 is 0 Å². The number of nitrogens with two attached hydrogens (primary N) is 1. The van der Waals surface area contributed by atoms with Gasteiger partial charge in [0.1, 0.15) is 0 Å². The van der Waals surface area contributed by atoms with Crippen LogP contribution in [-0.4, -0.2) is 18.3 Å². The van der Waals surface area contributed by atoms with Gasteiger partial charge in [-0.15, -0.1) is 0 Å². The second kappa shape index (κ2) is 5.72. The molecule has 0 bridgehead atoms. The third-order valence-corrected chi connectivity index (χ3v) is 3.96. The summed E-state index contributed by atoms with van der Waals surface area (Å²) >= 11 is 0. The highest BCUT2D eigenvalue weighted by atomic mass is 16.3. The minimum atomic E-state index is 0.271. The molecule has 1 atom stereocenters. The fourth-order valence-electron chi connectivity index (χ4n) is 2.70. The maximum Gasteiger partial charge on any atom is 0.0473 e. The topological polar surface area (TPSA) is 46.2 Å². The molecular weight excluding hydrogens is 174 g/mol. The van der Waals surface area contributed by atoms with Crippen molar-refractivity contribution in [1.82, 2.24) is 0 Å². The molecule has 0 radical (unpaired) electrons. The first kappa shape index (κ1) is 12.0. The summed E-state index contributed by atoms with van der Waals surface area (Å²) in [5.74, 6) is 2.76. The van der Waals surface area contributed by atoms with Crippen molar-refractivity contribution in [3.8, 4) is 0 Å². The molecular formula is C12H25NO. The molecule has 1 unspecified atom stereocenters. The molecule has 0 aromatic carbocycles. The van der Waals surface area contributed by atoms with Gasteiger partial charge in [-0.3, -0.25) is 0 Å². The third-order valence-electron chi connectivity index (χ3n) is 3.96. The van der Waals surface area contributed by atoms with E-state index in [1.807, 2.05) is 0 Å². The number of hydrogen-bond acceptors (Lipinski definition) is 2. The third kappa shape index (κ3) is 2.96. The first-order chi connectivity index (χ1) is 6.69. The Morgan fingerprint density at radius 1 is 1.14 bits per heavy atom. The Balaban J connectivity index is 2.34. The highest BCUT2D eigenvalue weighted by Gasteiger charge is 2.27. The van der Waals surface area contributed by atoms with E-state index in [1.165, 1.54) is 25.7 Å². The van der Waals surface area contributed by atoms with Gasteiger partial charge >= 0.3 is 0 Å². The van der Waals surface area contributed by atoms with Gasteiger partial charge in [-0.25, -0.2) is 0 Å². The van der Waals surface area contributed by atoms with Crippen LogP contribution in [0.3, 0.4) is 0 Å². The molecule has 1 rings (SSSR count). The zero-order chi connectivity index (χ0) is 10.6. The first-order valence-electron chi connectivity index (χ1n) is 6.00. The van der Waals surface area contributed by atoms with Gasteiger partial charge in [0.05, 0.1) is 0 Å². The quantitative estimate of drug-likeness (QED) is 0.727. The molecule has 0 amide bonds. The summed E-state index contributed by atoms with van der Waals surface area (Å²) in [6, 6.07) is 0. The molecule has 84 valence electrons. The van der Waals surface area contributed by atoms with E-state index in [9.17, 15) is 5.11 Å². The molecule has 0 aromatic heterocycles. The zero-order valence-electron chi connectivity index (χ0n) is 9.58. The Kier molecular flexibility index (Phi) is 4.90. The number of aliphatic hydroxyl groups excluding tert-OH is 1. The molecule has 14 heavy (non-hydrogen) atoms. The van der Waals surface area contributed by atoms with Gasteiger partial charge < -0.3 is 10.8 Å². The molecule has 1 saturated carbocycles. The lowest BCUT2D eigenvalue weighted by atomic mass is 9.73. The van der Waals surface area contributed by atoms with Crippen LogP contribution in [0, 0.1) is 23.7 Å². The average Bonchev–Trinajstić information content (AvgIpc) is 2.20. The Morgan fingerprint density at radius 2 is 1.64 bits per heavy atom. The van der Waals surface area contributed by atoms with Gasteiger partial charge in [-0.1, -0.05) is 13.8 Å². The van der Waals surface area contributed by atoms with Gasteiger partial charge in [-0.2, -0.15) is 0 Å². The first-order valence-corrected chi connectivity index (χ1v) is 6.00. The van der Waals surface area contributed by atoms with Gasteiger partial charge in [0.15, 0.2) is 0 Å². The van der Waals surface area contributed by atoms with E-state index in [0.29, 0.717) is 18.4 Å². The van der Waals surface area contributed by atoms with Crippen molar-refractivity contribution in [1.29, 1.82) is 0 Å². The number of hydrogen-bond donors (Lipinski definition) is 2. The van der Waals surface area contributed by atoms with Crippen LogP contribution in [0.5, 0.6) is 0 Å². The van der Waals surface area contributed by atoms with Gasteiger partial charge in [0.2, 0.25) is 0 Å². The molecule has 0 aliphatic heterocycles. The molecule has 1 fully saturated rings. The fraction of sp³-hybridized carbons (Fsp3) is 1.00. The van der Waals surface area contributed by atoms with E-state index in [2.05, 4.69) is 13.8 Å². The van der Waals surface area contributed by atoms with Crippen LogP contribution >= 0.6 is 0 Å². The molecule has 0 spiro atoms. The molecule has 1 aliphatic rings. The second-order valence-corrected chi connectivity index (χ2v) is 5.10. The predicted octanol–water partition coefficient (Wildman–Crippen LogP) is 2.02. The van der Waals surface area contributed by atoms with Crippen molar-refractivity contribution in [2.45, 2.75) is 39.5 Å². The van der Waals surface area contributed by atoms with E-state index in [4.69, 9.17) is 5.73 Å². The summed E-state index contributed by atoms with van der Waals surface area (Å²) < 4.78 is 0. The zero-order valence-corrected chi connectivity index (χ0v) is 9.58. The summed E-state index contributed by atoms with van der Waals surface area (Å²) in [4.78, 5) is 0. The van der Waals surface area contributed by atoms with Crippen LogP contribution in [0.1, 0.15) is 39.5 Å². The van der Waals surface area contributed by atoms with E-state index in [1.54, 1.807) is 0 Å². The smallest absolute Gasteiger partial charge is 0.0473 e. The predicted molar refractivity (Wildman–Crippen MR) is 59.9 cm³/mol. The van der Waals surface area contributed by atoms with Crippen molar-refractivity contribution in [2.24, 2.45) is 29.4 Å². The van der Waals surface area contributed by atoms with Crippen LogP contribution < -0.4 is 5.73 Å². The standard InChI is InChI=1S/C12H25NO/c1-9(2)10-3-5-11(6-4-10)12(7-13)8-14/h9-12,14H,3-8,13H2,1-2H3. The molecule has 3 N–H and O–H groups in total. The average molecular weight is 199 g/mol. The summed E-state index contributed by atoms with van der Waals surface area (Å²) in [6.45, 7) is 5.55. The summed E-state index contributed by atoms with van der Waals surface area (Å²) in [5.41, 5.74) is 5.65. The minimum absolute atomic E-state index is 0.271. The van der Waals surface area contributed by atoms with Crippen LogP contribution in [0.4, 0.5) is 0 Å². The van der Waals surface area contributed by atoms with Crippen LogP contribution in [0.15, 0.2) is 0 Å². The summed E-state index contributed by atoms with van der Waals surface area (Å²) in [7, 11) is 0. The number of rotatable bonds is 4. The van der Waals surface area contributed by atoms with Crippen LogP contribution in [0.25, 0.3) is 0 Å². The minimum Gasteiger partial charge on any atom is -0.396 e. The fourth-order valence-corrected chi connectivity index (χ4v) is 2.70. The second-order valence-electron chi connectivity index (χ2n) is 5.10. The van der Waals surface area contributed by atoms with Gasteiger partial charge in [0, 0.05) is 6.61 Å². The molecule has 2 heteroatoms. The Labute approximate surface area is 87.9 Å². The van der Waals surface area contributed by atoms with Crippen molar-refractivity contribution < 1.29 is 5.11 Å². The summed E-state index contributed by atoms with van der Waals surface area (Å²) in [6.07, 6.45) is 5.20. The van der Waals surface area contributed by atoms with Crippen molar-refractivity contribution in [3.05, 3.63) is 0 Å². The van der Waals surface area contributed by atoms with Gasteiger partial charge in [0.25, 0.3) is 0 Å². The Morgan fingerprint density at radius 3 is 2.00 bits per heavy atom. The summed E-state index contributed by atoms with van der Waals surface area (Å²) in [5, 5.41) is 9.17. The molecule has 0 aromatic rings. The largest absolute Gasteiger partial charge is 0.396 e.